The summed E-state index contributed by atoms with van der Waals surface area (Å²) in [4.78, 5) is 0. The first-order valence-electron chi connectivity index (χ1n) is 3.35. The minimum atomic E-state index is 0.602. The summed E-state index contributed by atoms with van der Waals surface area (Å²) in [6.45, 7) is 1.88. The van der Waals surface area contributed by atoms with Crippen LogP contribution in [-0.4, -0.2) is 14.6 Å². The molecule has 0 radical (unpaired) electrons. The number of hydrogen-bond acceptors (Lipinski definition) is 2. The van der Waals surface area contributed by atoms with Crippen LogP contribution in [-0.2, 0) is 0 Å². The molecule has 0 N–H and O–H groups in total. The minimum absolute atomic E-state index is 0.602. The van der Waals surface area contributed by atoms with Crippen molar-refractivity contribution in [2.45, 2.75) is 6.92 Å². The maximum atomic E-state index is 5.92. The van der Waals surface area contributed by atoms with Crippen LogP contribution in [0.4, 0.5) is 0 Å². The Bertz CT molecular complexity index is 437. The molecule has 0 spiro atoms. The highest BCUT2D eigenvalue weighted by Gasteiger charge is 2.05. The van der Waals surface area contributed by atoms with Gasteiger partial charge in [0.25, 0.3) is 0 Å². The predicted octanol–water partition coefficient (Wildman–Crippen LogP) is 2.45. The summed E-state index contributed by atoms with van der Waals surface area (Å²) in [5.74, 6) is 0.827. The van der Waals surface area contributed by atoms with Crippen LogP contribution in [0.1, 0.15) is 5.82 Å². The molecule has 0 aliphatic carbocycles. The zero-order valence-electron chi connectivity index (χ0n) is 6.25. The van der Waals surface area contributed by atoms with Gasteiger partial charge in [-0.05, 0) is 28.9 Å². The van der Waals surface area contributed by atoms with E-state index in [4.69, 9.17) is 11.6 Å². The summed E-state index contributed by atoms with van der Waals surface area (Å²) in [5.41, 5.74) is 0.692. The fraction of sp³-hybridized carbons (Fsp3) is 0.143. The van der Waals surface area contributed by atoms with Crippen LogP contribution in [0.5, 0.6) is 0 Å². The SMILES string of the molecule is Cc1nnc2c(Cl)cc(Br)cn12. The van der Waals surface area contributed by atoms with E-state index in [1.807, 2.05) is 17.5 Å². The molecule has 2 aromatic rings. The van der Waals surface area contributed by atoms with E-state index in [1.54, 1.807) is 6.07 Å². The molecule has 2 heterocycles. The number of hydrogen-bond donors (Lipinski definition) is 0. The lowest BCUT2D eigenvalue weighted by Gasteiger charge is -1.97. The van der Waals surface area contributed by atoms with E-state index < -0.39 is 0 Å². The number of fused-ring (bicyclic) bond motifs is 1. The molecule has 0 aliphatic rings. The van der Waals surface area contributed by atoms with Crippen LogP contribution in [0.3, 0.4) is 0 Å². The molecule has 0 fully saturated rings. The number of halogens is 2. The molecular weight excluding hydrogens is 241 g/mol. The van der Waals surface area contributed by atoms with Crippen LogP contribution in [0, 0.1) is 6.92 Å². The Labute approximate surface area is 82.5 Å². The highest BCUT2D eigenvalue weighted by atomic mass is 79.9. The summed E-state index contributed by atoms with van der Waals surface area (Å²) >= 11 is 9.26. The Morgan fingerprint density at radius 2 is 2.25 bits per heavy atom. The Balaban J connectivity index is 2.92. The highest BCUT2D eigenvalue weighted by molar-refractivity contribution is 9.10. The van der Waals surface area contributed by atoms with Crippen LogP contribution in [0.2, 0.25) is 5.02 Å². The van der Waals surface area contributed by atoms with Crippen molar-refractivity contribution in [3.8, 4) is 0 Å². The molecule has 0 bridgehead atoms. The second-order valence-electron chi connectivity index (χ2n) is 2.45. The first-order valence-corrected chi connectivity index (χ1v) is 4.52. The number of nitrogens with zero attached hydrogens (tertiary/aromatic N) is 3. The second kappa shape index (κ2) is 2.71. The molecule has 0 saturated carbocycles. The molecule has 5 heteroatoms. The number of pyridine rings is 1. The molecule has 0 saturated heterocycles. The summed E-state index contributed by atoms with van der Waals surface area (Å²) in [7, 11) is 0. The van der Waals surface area contributed by atoms with Crippen molar-refractivity contribution >= 4 is 33.2 Å². The van der Waals surface area contributed by atoms with Gasteiger partial charge in [0.15, 0.2) is 5.65 Å². The minimum Gasteiger partial charge on any atom is -0.284 e. The number of aryl methyl sites for hydroxylation is 1. The number of aromatic nitrogens is 3. The first-order chi connectivity index (χ1) is 5.68. The van der Waals surface area contributed by atoms with Crippen molar-refractivity contribution in [3.05, 3.63) is 27.6 Å². The fourth-order valence-electron chi connectivity index (χ4n) is 1.03. The average molecular weight is 246 g/mol. The van der Waals surface area contributed by atoms with Gasteiger partial charge in [0, 0.05) is 10.7 Å². The largest absolute Gasteiger partial charge is 0.284 e. The van der Waals surface area contributed by atoms with Gasteiger partial charge >= 0.3 is 0 Å². The maximum Gasteiger partial charge on any atom is 0.179 e. The average Bonchev–Trinajstić information content (AvgIpc) is 2.33. The topological polar surface area (TPSA) is 30.2 Å². The van der Waals surface area contributed by atoms with E-state index in [-0.39, 0.29) is 0 Å². The standard InChI is InChI=1S/C7H5BrClN3/c1-4-10-11-7-6(9)2-5(8)3-12(4)7/h2-3H,1H3. The predicted molar refractivity (Wildman–Crippen MR) is 50.4 cm³/mol. The van der Waals surface area contributed by atoms with Crippen molar-refractivity contribution < 1.29 is 0 Å². The van der Waals surface area contributed by atoms with E-state index in [9.17, 15) is 0 Å². The quantitative estimate of drug-likeness (QED) is 0.715. The van der Waals surface area contributed by atoms with Gasteiger partial charge in [-0.15, -0.1) is 10.2 Å². The van der Waals surface area contributed by atoms with Gasteiger partial charge in [-0.1, -0.05) is 11.6 Å². The van der Waals surface area contributed by atoms with E-state index in [2.05, 4.69) is 26.1 Å². The Kier molecular flexibility index (Phi) is 1.81. The van der Waals surface area contributed by atoms with Crippen LogP contribution < -0.4 is 0 Å². The molecule has 0 aromatic carbocycles. The lowest BCUT2D eigenvalue weighted by atomic mass is 10.5. The van der Waals surface area contributed by atoms with Gasteiger partial charge in [-0.3, -0.25) is 4.40 Å². The normalized spacial score (nSPS) is 10.9. The van der Waals surface area contributed by atoms with Crippen LogP contribution in [0.25, 0.3) is 5.65 Å². The van der Waals surface area contributed by atoms with Gasteiger partial charge < -0.3 is 0 Å². The maximum absolute atomic E-state index is 5.92. The molecule has 2 rings (SSSR count). The van der Waals surface area contributed by atoms with Gasteiger partial charge in [-0.2, -0.15) is 0 Å². The van der Waals surface area contributed by atoms with Crippen molar-refractivity contribution in [2.75, 3.05) is 0 Å². The third-order valence-electron chi connectivity index (χ3n) is 1.60. The third-order valence-corrected chi connectivity index (χ3v) is 2.31. The van der Waals surface area contributed by atoms with Crippen molar-refractivity contribution in [2.24, 2.45) is 0 Å². The first kappa shape index (κ1) is 8.01. The van der Waals surface area contributed by atoms with E-state index in [0.717, 1.165) is 10.3 Å². The fourth-order valence-corrected chi connectivity index (χ4v) is 1.84. The van der Waals surface area contributed by atoms with Gasteiger partial charge in [-0.25, -0.2) is 0 Å². The summed E-state index contributed by atoms with van der Waals surface area (Å²) in [6, 6.07) is 1.80. The van der Waals surface area contributed by atoms with Crippen molar-refractivity contribution in [1.29, 1.82) is 0 Å². The van der Waals surface area contributed by atoms with E-state index in [1.165, 1.54) is 0 Å². The van der Waals surface area contributed by atoms with Crippen molar-refractivity contribution in [3.63, 3.8) is 0 Å². The molecule has 3 nitrogen and oxygen atoms in total. The summed E-state index contributed by atoms with van der Waals surface area (Å²) in [5, 5.41) is 8.43. The van der Waals surface area contributed by atoms with Gasteiger partial charge in [0.05, 0.1) is 5.02 Å². The summed E-state index contributed by atoms with van der Waals surface area (Å²) in [6.07, 6.45) is 1.89. The highest BCUT2D eigenvalue weighted by Crippen LogP contribution is 2.21. The number of rotatable bonds is 0. The molecule has 12 heavy (non-hydrogen) atoms. The van der Waals surface area contributed by atoms with Gasteiger partial charge in [0.2, 0.25) is 0 Å². The smallest absolute Gasteiger partial charge is 0.179 e. The van der Waals surface area contributed by atoms with E-state index >= 15 is 0 Å². The molecule has 62 valence electrons. The van der Waals surface area contributed by atoms with Crippen LogP contribution >= 0.6 is 27.5 Å². The zero-order valence-corrected chi connectivity index (χ0v) is 8.59. The molecule has 0 aliphatic heterocycles. The second-order valence-corrected chi connectivity index (χ2v) is 3.77. The monoisotopic (exact) mass is 245 g/mol. The molecule has 2 aromatic heterocycles. The van der Waals surface area contributed by atoms with E-state index in [0.29, 0.717) is 10.7 Å². The molecule has 0 amide bonds. The van der Waals surface area contributed by atoms with Crippen LogP contribution in [0.15, 0.2) is 16.7 Å². The Morgan fingerprint density at radius 3 is 3.00 bits per heavy atom. The molecular formula is C7H5BrClN3. The Hall–Kier alpha value is -0.610. The lowest BCUT2D eigenvalue weighted by Crippen LogP contribution is -1.87. The van der Waals surface area contributed by atoms with Gasteiger partial charge in [0.1, 0.15) is 5.82 Å². The summed E-state index contributed by atoms with van der Waals surface area (Å²) < 4.78 is 2.76. The van der Waals surface area contributed by atoms with Crippen molar-refractivity contribution in [1.82, 2.24) is 14.6 Å². The Morgan fingerprint density at radius 1 is 1.50 bits per heavy atom. The zero-order chi connectivity index (χ0) is 8.72. The lowest BCUT2D eigenvalue weighted by molar-refractivity contribution is 1.00. The molecule has 0 unspecified atom stereocenters. The molecule has 0 atom stereocenters. The third kappa shape index (κ3) is 1.11.